The van der Waals surface area contributed by atoms with E-state index in [9.17, 15) is 4.79 Å². The molecule has 0 amide bonds. The highest BCUT2D eigenvalue weighted by atomic mass is 32.1. The monoisotopic (exact) mass is 274 g/mol. The molecular formula is C16H18O2S. The van der Waals surface area contributed by atoms with Crippen LogP contribution in [0.2, 0.25) is 0 Å². The van der Waals surface area contributed by atoms with Gasteiger partial charge in [-0.25, -0.2) is 4.79 Å². The molecule has 0 radical (unpaired) electrons. The minimum absolute atomic E-state index is 0.0983. The predicted molar refractivity (Wildman–Crippen MR) is 79.2 cm³/mol. The van der Waals surface area contributed by atoms with Crippen LogP contribution >= 0.6 is 11.3 Å². The molecule has 0 atom stereocenters. The van der Waals surface area contributed by atoms with Gasteiger partial charge in [0.05, 0.1) is 0 Å². The van der Waals surface area contributed by atoms with Crippen molar-refractivity contribution >= 4 is 17.3 Å². The highest BCUT2D eigenvalue weighted by Crippen LogP contribution is 2.28. The molecule has 100 valence electrons. The maximum Gasteiger partial charge on any atom is 0.353 e. The molecule has 0 unspecified atom stereocenters. The van der Waals surface area contributed by atoms with E-state index in [2.05, 4.69) is 26.8 Å². The molecule has 0 N–H and O–H groups in total. The standard InChI is InChI=1S/C16H18O2S/c1-11-10-12(16(2,3)4)7-8-13(11)18-15(17)14-6-5-9-19-14/h5-10H,1-4H3. The Morgan fingerprint density at radius 2 is 1.95 bits per heavy atom. The van der Waals surface area contributed by atoms with Gasteiger partial charge >= 0.3 is 5.97 Å². The van der Waals surface area contributed by atoms with Crippen LogP contribution in [0.5, 0.6) is 5.75 Å². The molecule has 1 heterocycles. The first-order valence-electron chi connectivity index (χ1n) is 6.25. The third kappa shape index (κ3) is 3.24. The Morgan fingerprint density at radius 1 is 1.21 bits per heavy atom. The summed E-state index contributed by atoms with van der Waals surface area (Å²) in [5.74, 6) is 0.341. The third-order valence-electron chi connectivity index (χ3n) is 2.97. The molecule has 0 spiro atoms. The second-order valence-corrected chi connectivity index (χ2v) is 6.54. The van der Waals surface area contributed by atoms with Crippen LogP contribution in [0, 0.1) is 6.92 Å². The topological polar surface area (TPSA) is 26.3 Å². The van der Waals surface area contributed by atoms with Gasteiger partial charge < -0.3 is 4.74 Å². The highest BCUT2D eigenvalue weighted by Gasteiger charge is 2.16. The first-order chi connectivity index (χ1) is 8.88. The van der Waals surface area contributed by atoms with Gasteiger partial charge in [0.25, 0.3) is 0 Å². The van der Waals surface area contributed by atoms with E-state index in [1.807, 2.05) is 30.5 Å². The van der Waals surface area contributed by atoms with Gasteiger partial charge in [-0.3, -0.25) is 0 Å². The number of carbonyl (C=O) groups is 1. The van der Waals surface area contributed by atoms with Crippen LogP contribution in [-0.4, -0.2) is 5.97 Å². The van der Waals surface area contributed by atoms with Crippen molar-refractivity contribution in [1.29, 1.82) is 0 Å². The van der Waals surface area contributed by atoms with Crippen LogP contribution in [0.25, 0.3) is 0 Å². The number of benzene rings is 1. The fourth-order valence-electron chi connectivity index (χ4n) is 1.78. The maximum atomic E-state index is 11.9. The van der Waals surface area contributed by atoms with Gasteiger partial charge in [0.15, 0.2) is 0 Å². The maximum absolute atomic E-state index is 11.9. The molecule has 0 aliphatic rings. The molecular weight excluding hydrogens is 256 g/mol. The average Bonchev–Trinajstić information content (AvgIpc) is 2.84. The van der Waals surface area contributed by atoms with Crippen molar-refractivity contribution < 1.29 is 9.53 Å². The van der Waals surface area contributed by atoms with Crippen LogP contribution in [0.3, 0.4) is 0 Å². The molecule has 0 bridgehead atoms. The Labute approximate surface area is 118 Å². The van der Waals surface area contributed by atoms with Crippen molar-refractivity contribution in [2.45, 2.75) is 33.1 Å². The summed E-state index contributed by atoms with van der Waals surface area (Å²) in [5, 5.41) is 1.87. The second kappa shape index (κ2) is 5.17. The van der Waals surface area contributed by atoms with Crippen LogP contribution in [0.1, 0.15) is 41.6 Å². The zero-order chi connectivity index (χ0) is 14.0. The predicted octanol–water partition coefficient (Wildman–Crippen LogP) is 4.57. The van der Waals surface area contributed by atoms with Crippen LogP contribution in [0.4, 0.5) is 0 Å². The van der Waals surface area contributed by atoms with E-state index in [0.717, 1.165) is 5.56 Å². The summed E-state index contributed by atoms with van der Waals surface area (Å²) in [6, 6.07) is 9.59. The number of aryl methyl sites for hydroxylation is 1. The van der Waals surface area contributed by atoms with Crippen molar-refractivity contribution in [1.82, 2.24) is 0 Å². The number of hydrogen-bond acceptors (Lipinski definition) is 3. The number of ether oxygens (including phenoxy) is 1. The SMILES string of the molecule is Cc1cc(C(C)(C)C)ccc1OC(=O)c1cccs1. The van der Waals surface area contributed by atoms with E-state index in [-0.39, 0.29) is 11.4 Å². The zero-order valence-corrected chi connectivity index (χ0v) is 12.5. The quantitative estimate of drug-likeness (QED) is 0.592. The molecule has 19 heavy (non-hydrogen) atoms. The molecule has 0 aliphatic heterocycles. The van der Waals surface area contributed by atoms with E-state index in [0.29, 0.717) is 10.6 Å². The smallest absolute Gasteiger partial charge is 0.353 e. The Balaban J connectivity index is 2.21. The van der Waals surface area contributed by atoms with Crippen LogP contribution in [0.15, 0.2) is 35.7 Å². The number of esters is 1. The number of hydrogen-bond donors (Lipinski definition) is 0. The molecule has 2 rings (SSSR count). The summed E-state index contributed by atoms with van der Waals surface area (Å²) < 4.78 is 5.43. The van der Waals surface area contributed by atoms with E-state index in [1.165, 1.54) is 16.9 Å². The first kappa shape index (κ1) is 13.8. The summed E-state index contributed by atoms with van der Waals surface area (Å²) in [6.45, 7) is 8.46. The lowest BCUT2D eigenvalue weighted by Crippen LogP contribution is -2.12. The largest absolute Gasteiger partial charge is 0.422 e. The molecule has 0 fully saturated rings. The molecule has 3 heteroatoms. The van der Waals surface area contributed by atoms with Crippen molar-refractivity contribution in [3.05, 3.63) is 51.7 Å². The van der Waals surface area contributed by atoms with Gasteiger partial charge in [-0.2, -0.15) is 0 Å². The van der Waals surface area contributed by atoms with Crippen molar-refractivity contribution in [3.63, 3.8) is 0 Å². The lowest BCUT2D eigenvalue weighted by molar-refractivity contribution is 0.0738. The first-order valence-corrected chi connectivity index (χ1v) is 7.13. The second-order valence-electron chi connectivity index (χ2n) is 5.60. The summed E-state index contributed by atoms with van der Waals surface area (Å²) in [5.41, 5.74) is 2.32. The molecule has 0 aliphatic carbocycles. The van der Waals surface area contributed by atoms with Gasteiger partial charge in [-0.1, -0.05) is 39.0 Å². The highest BCUT2D eigenvalue weighted by molar-refractivity contribution is 7.12. The van der Waals surface area contributed by atoms with Gasteiger partial charge in [0.2, 0.25) is 0 Å². The van der Waals surface area contributed by atoms with E-state index in [4.69, 9.17) is 4.74 Å². The van der Waals surface area contributed by atoms with E-state index >= 15 is 0 Å². The molecule has 1 aromatic heterocycles. The van der Waals surface area contributed by atoms with E-state index < -0.39 is 0 Å². The van der Waals surface area contributed by atoms with Gasteiger partial charge in [-0.05, 0) is 41.0 Å². The number of rotatable bonds is 2. The van der Waals surface area contributed by atoms with Gasteiger partial charge in [0, 0.05) is 0 Å². The van der Waals surface area contributed by atoms with E-state index in [1.54, 1.807) is 6.07 Å². The summed E-state index contributed by atoms with van der Waals surface area (Å²) in [7, 11) is 0. The fourth-order valence-corrected chi connectivity index (χ4v) is 2.37. The zero-order valence-electron chi connectivity index (χ0n) is 11.7. The van der Waals surface area contributed by atoms with Gasteiger partial charge in [0.1, 0.15) is 10.6 Å². The average molecular weight is 274 g/mol. The lowest BCUT2D eigenvalue weighted by atomic mass is 9.86. The lowest BCUT2D eigenvalue weighted by Gasteiger charge is -2.20. The number of carbonyl (C=O) groups excluding carboxylic acids is 1. The third-order valence-corrected chi connectivity index (χ3v) is 3.82. The Morgan fingerprint density at radius 3 is 2.47 bits per heavy atom. The van der Waals surface area contributed by atoms with Gasteiger partial charge in [-0.15, -0.1) is 11.3 Å². The Hall–Kier alpha value is -1.61. The molecule has 1 aromatic carbocycles. The Kier molecular flexibility index (Phi) is 3.76. The summed E-state index contributed by atoms with van der Waals surface area (Å²) in [4.78, 5) is 12.5. The van der Waals surface area contributed by atoms with Crippen molar-refractivity contribution in [2.24, 2.45) is 0 Å². The molecule has 0 saturated heterocycles. The summed E-state index contributed by atoms with van der Waals surface area (Å²) >= 11 is 1.39. The molecule has 2 aromatic rings. The minimum atomic E-state index is -0.290. The number of thiophene rings is 1. The molecule has 2 nitrogen and oxygen atoms in total. The normalized spacial score (nSPS) is 11.4. The minimum Gasteiger partial charge on any atom is -0.422 e. The summed E-state index contributed by atoms with van der Waals surface area (Å²) in [6.07, 6.45) is 0. The van der Waals surface area contributed by atoms with Crippen LogP contribution in [-0.2, 0) is 5.41 Å². The van der Waals surface area contributed by atoms with Crippen molar-refractivity contribution in [3.8, 4) is 5.75 Å². The van der Waals surface area contributed by atoms with Crippen LogP contribution < -0.4 is 4.74 Å². The molecule has 0 saturated carbocycles. The Bertz CT molecular complexity index is 577. The fraction of sp³-hybridized carbons (Fsp3) is 0.312. The van der Waals surface area contributed by atoms with Crippen molar-refractivity contribution in [2.75, 3.05) is 0 Å².